The third-order valence-electron chi connectivity index (χ3n) is 5.03. The largest absolute Gasteiger partial charge is 0.493 e. The highest BCUT2D eigenvalue weighted by Crippen LogP contribution is 2.31. The molecule has 0 spiro atoms. The molecule has 0 aliphatic carbocycles. The number of carbonyl (C=O) groups is 1. The Balaban J connectivity index is 1.38. The van der Waals surface area contributed by atoms with Gasteiger partial charge in [-0.2, -0.15) is 0 Å². The van der Waals surface area contributed by atoms with E-state index in [4.69, 9.17) is 10.5 Å². The van der Waals surface area contributed by atoms with Crippen molar-refractivity contribution in [3.63, 3.8) is 0 Å². The fourth-order valence-corrected chi connectivity index (χ4v) is 3.60. The molecule has 0 aromatic heterocycles. The zero-order valence-corrected chi connectivity index (χ0v) is 15.2. The van der Waals surface area contributed by atoms with Crippen molar-refractivity contribution in [2.24, 2.45) is 10.7 Å². The lowest BCUT2D eigenvalue weighted by Gasteiger charge is -2.26. The number of hydrogen-bond acceptors (Lipinski definition) is 3. The van der Waals surface area contributed by atoms with Crippen molar-refractivity contribution in [1.82, 2.24) is 5.32 Å². The van der Waals surface area contributed by atoms with Crippen LogP contribution in [-0.2, 0) is 11.3 Å². The van der Waals surface area contributed by atoms with Gasteiger partial charge in [0, 0.05) is 30.6 Å². The first-order valence-electron chi connectivity index (χ1n) is 9.38. The summed E-state index contributed by atoms with van der Waals surface area (Å²) in [5.74, 6) is 1.53. The van der Waals surface area contributed by atoms with Gasteiger partial charge < -0.3 is 20.7 Å². The van der Waals surface area contributed by atoms with Crippen LogP contribution in [0, 0.1) is 0 Å². The number of nitrogens with two attached hydrogens (primary N) is 1. The molecule has 140 valence electrons. The predicted molar refractivity (Wildman–Crippen MR) is 106 cm³/mol. The fraction of sp³-hybridized carbons (Fsp3) is 0.333. The zero-order valence-electron chi connectivity index (χ0n) is 15.2. The van der Waals surface area contributed by atoms with E-state index in [2.05, 4.69) is 16.4 Å². The van der Waals surface area contributed by atoms with Gasteiger partial charge in [-0.3, -0.25) is 4.79 Å². The monoisotopic (exact) mass is 364 g/mol. The average Bonchev–Trinajstić information content (AvgIpc) is 3.13. The minimum Gasteiger partial charge on any atom is -0.493 e. The van der Waals surface area contributed by atoms with Gasteiger partial charge in [0.15, 0.2) is 5.96 Å². The summed E-state index contributed by atoms with van der Waals surface area (Å²) < 4.78 is 5.68. The number of benzene rings is 2. The Bertz CT molecular complexity index is 848. The lowest BCUT2D eigenvalue weighted by atomic mass is 10.0. The first-order valence-corrected chi connectivity index (χ1v) is 9.38. The van der Waals surface area contributed by atoms with Gasteiger partial charge in [-0.05, 0) is 30.2 Å². The van der Waals surface area contributed by atoms with E-state index in [1.54, 1.807) is 0 Å². The normalized spacial score (nSPS) is 19.6. The Morgan fingerprint density at radius 2 is 2.04 bits per heavy atom. The van der Waals surface area contributed by atoms with Crippen LogP contribution in [0.2, 0.25) is 0 Å². The van der Waals surface area contributed by atoms with E-state index in [0.29, 0.717) is 25.5 Å². The molecule has 1 atom stereocenters. The number of para-hydroxylation sites is 1. The zero-order chi connectivity index (χ0) is 18.6. The number of fused-ring (bicyclic) bond motifs is 1. The van der Waals surface area contributed by atoms with Crippen molar-refractivity contribution < 1.29 is 9.53 Å². The number of carbonyl (C=O) groups excluding carboxylic acids is 1. The first kappa shape index (κ1) is 17.4. The number of nitrogens with zero attached hydrogens (tertiary/aromatic N) is 2. The van der Waals surface area contributed by atoms with Crippen molar-refractivity contribution in [3.8, 4) is 5.75 Å². The molecule has 4 rings (SSSR count). The first-order chi connectivity index (χ1) is 13.2. The maximum Gasteiger partial charge on any atom is 0.227 e. The topological polar surface area (TPSA) is 80.0 Å². The Kier molecular flexibility index (Phi) is 4.96. The number of guanidine groups is 1. The van der Waals surface area contributed by atoms with Crippen molar-refractivity contribution in [1.29, 1.82) is 0 Å². The Hall–Kier alpha value is -3.02. The second-order valence-corrected chi connectivity index (χ2v) is 6.89. The van der Waals surface area contributed by atoms with Crippen LogP contribution in [0.5, 0.6) is 5.75 Å². The molecule has 2 aromatic rings. The second kappa shape index (κ2) is 7.70. The van der Waals surface area contributed by atoms with E-state index in [1.165, 1.54) is 0 Å². The highest BCUT2D eigenvalue weighted by Gasteiger charge is 2.22. The third-order valence-corrected chi connectivity index (χ3v) is 5.03. The van der Waals surface area contributed by atoms with E-state index in [1.807, 2.05) is 47.4 Å². The molecule has 2 heterocycles. The molecular weight excluding hydrogens is 340 g/mol. The van der Waals surface area contributed by atoms with E-state index in [9.17, 15) is 4.79 Å². The fourth-order valence-electron chi connectivity index (χ4n) is 3.60. The quantitative estimate of drug-likeness (QED) is 0.646. The molecule has 27 heavy (non-hydrogen) atoms. The molecule has 0 saturated carbocycles. The highest BCUT2D eigenvalue weighted by molar-refractivity contribution is 5.95. The van der Waals surface area contributed by atoms with Crippen molar-refractivity contribution in [2.45, 2.75) is 31.8 Å². The van der Waals surface area contributed by atoms with Crippen molar-refractivity contribution >= 4 is 17.6 Å². The standard InChI is InChI=1S/C21H24N4O2/c22-21(24-18-11-13-27-19-5-2-1-4-17(18)19)23-14-15-7-9-16(10-8-15)25-12-3-6-20(25)26/h1-2,4-5,7-10,18H,3,6,11-14H2,(H3,22,23,24). The molecule has 2 aliphatic rings. The van der Waals surface area contributed by atoms with Crippen LogP contribution in [0.1, 0.15) is 36.4 Å². The number of amides is 1. The summed E-state index contributed by atoms with van der Waals surface area (Å²) in [5, 5.41) is 3.30. The second-order valence-electron chi connectivity index (χ2n) is 6.89. The maximum absolute atomic E-state index is 11.8. The van der Waals surface area contributed by atoms with Crippen LogP contribution >= 0.6 is 0 Å². The van der Waals surface area contributed by atoms with E-state index in [-0.39, 0.29) is 11.9 Å². The summed E-state index contributed by atoms with van der Waals surface area (Å²) >= 11 is 0. The van der Waals surface area contributed by atoms with Gasteiger partial charge >= 0.3 is 0 Å². The molecule has 0 bridgehead atoms. The number of anilines is 1. The van der Waals surface area contributed by atoms with Crippen LogP contribution in [0.15, 0.2) is 53.5 Å². The molecular formula is C21H24N4O2. The summed E-state index contributed by atoms with van der Waals surface area (Å²) in [7, 11) is 0. The summed E-state index contributed by atoms with van der Waals surface area (Å²) in [6.07, 6.45) is 2.43. The van der Waals surface area contributed by atoms with Gasteiger partial charge in [0.1, 0.15) is 5.75 Å². The summed E-state index contributed by atoms with van der Waals surface area (Å²) in [4.78, 5) is 18.1. The van der Waals surface area contributed by atoms with Gasteiger partial charge in [-0.1, -0.05) is 30.3 Å². The molecule has 1 unspecified atom stereocenters. The number of ether oxygens (including phenoxy) is 1. The number of nitrogens with one attached hydrogen (secondary N) is 1. The molecule has 1 saturated heterocycles. The minimum atomic E-state index is 0.113. The van der Waals surface area contributed by atoms with E-state index in [0.717, 1.165) is 42.0 Å². The summed E-state index contributed by atoms with van der Waals surface area (Å²) in [6.45, 7) is 1.97. The van der Waals surface area contributed by atoms with Gasteiger partial charge in [0.25, 0.3) is 0 Å². The smallest absolute Gasteiger partial charge is 0.227 e. The van der Waals surface area contributed by atoms with Gasteiger partial charge in [-0.15, -0.1) is 0 Å². The molecule has 6 nitrogen and oxygen atoms in total. The van der Waals surface area contributed by atoms with Gasteiger partial charge in [-0.25, -0.2) is 4.99 Å². The number of hydrogen-bond donors (Lipinski definition) is 2. The van der Waals surface area contributed by atoms with Crippen LogP contribution in [-0.4, -0.2) is 25.0 Å². The van der Waals surface area contributed by atoms with Gasteiger partial charge in [0.05, 0.1) is 19.2 Å². The summed E-state index contributed by atoms with van der Waals surface area (Å²) in [5.41, 5.74) is 9.23. The molecule has 1 amide bonds. The Morgan fingerprint density at radius 1 is 1.22 bits per heavy atom. The third kappa shape index (κ3) is 3.89. The Labute approximate surface area is 159 Å². The molecule has 1 fully saturated rings. The van der Waals surface area contributed by atoms with E-state index < -0.39 is 0 Å². The lowest BCUT2D eigenvalue weighted by molar-refractivity contribution is -0.117. The van der Waals surface area contributed by atoms with Crippen LogP contribution < -0.4 is 20.7 Å². The van der Waals surface area contributed by atoms with Crippen LogP contribution in [0.3, 0.4) is 0 Å². The van der Waals surface area contributed by atoms with Gasteiger partial charge in [0.2, 0.25) is 5.91 Å². The molecule has 2 aromatic carbocycles. The predicted octanol–water partition coefficient (Wildman–Crippen LogP) is 2.74. The lowest BCUT2D eigenvalue weighted by Crippen LogP contribution is -2.37. The number of rotatable bonds is 4. The maximum atomic E-state index is 11.8. The number of aliphatic imine (C=N–C) groups is 1. The SMILES string of the molecule is NC(=NCc1ccc(N2CCCC2=O)cc1)NC1CCOc2ccccc21. The molecule has 6 heteroatoms. The molecule has 3 N–H and O–H groups in total. The molecule has 0 radical (unpaired) electrons. The average molecular weight is 364 g/mol. The summed E-state index contributed by atoms with van der Waals surface area (Å²) in [6, 6.07) is 16.1. The van der Waals surface area contributed by atoms with Crippen molar-refractivity contribution in [2.75, 3.05) is 18.1 Å². The highest BCUT2D eigenvalue weighted by atomic mass is 16.5. The van der Waals surface area contributed by atoms with Crippen molar-refractivity contribution in [3.05, 3.63) is 59.7 Å². The molecule has 2 aliphatic heterocycles. The Morgan fingerprint density at radius 3 is 2.81 bits per heavy atom. The van der Waals surface area contributed by atoms with E-state index >= 15 is 0 Å². The van der Waals surface area contributed by atoms with Crippen LogP contribution in [0.25, 0.3) is 0 Å². The van der Waals surface area contributed by atoms with Crippen LogP contribution in [0.4, 0.5) is 5.69 Å². The minimum absolute atomic E-state index is 0.113.